The van der Waals surface area contributed by atoms with Crippen molar-refractivity contribution in [3.8, 4) is 0 Å². The van der Waals surface area contributed by atoms with Crippen LogP contribution >= 0.6 is 46.4 Å². The molecular weight excluding hydrogens is 428 g/mol. The number of imidazole rings is 1. The zero-order chi connectivity index (χ0) is 19.6. The molecule has 0 radical (unpaired) electrons. The summed E-state index contributed by atoms with van der Waals surface area (Å²) in [7, 11) is 0. The summed E-state index contributed by atoms with van der Waals surface area (Å²) in [4.78, 5) is 17.0. The number of carbonyl (C=O) groups is 1. The quantitative estimate of drug-likeness (QED) is 0.524. The van der Waals surface area contributed by atoms with E-state index in [4.69, 9.17) is 46.4 Å². The standard InChI is InChI=1S/C19H17Cl4N3O/c1-2-6-24-19(27)10-26-17-9-15(23)14(22)8-16(17)25-18(26)7-11-12(20)4-3-5-13(11)21/h3-5,8-9H,2,6-7,10H2,1H3,(H,24,27). The third-order valence-corrected chi connectivity index (χ3v) is 5.57. The van der Waals surface area contributed by atoms with Gasteiger partial charge in [0.15, 0.2) is 0 Å². The molecule has 1 amide bonds. The molecular formula is C19H17Cl4N3O. The monoisotopic (exact) mass is 443 g/mol. The van der Waals surface area contributed by atoms with E-state index in [0.29, 0.717) is 44.4 Å². The summed E-state index contributed by atoms with van der Waals surface area (Å²) in [5.74, 6) is 0.554. The number of benzene rings is 2. The highest BCUT2D eigenvalue weighted by Crippen LogP contribution is 2.31. The maximum Gasteiger partial charge on any atom is 0.240 e. The molecule has 142 valence electrons. The molecule has 4 nitrogen and oxygen atoms in total. The minimum atomic E-state index is -0.103. The topological polar surface area (TPSA) is 46.9 Å². The summed E-state index contributed by atoms with van der Waals surface area (Å²) >= 11 is 24.9. The summed E-state index contributed by atoms with van der Waals surface area (Å²) in [6.07, 6.45) is 1.24. The number of hydrogen-bond donors (Lipinski definition) is 1. The van der Waals surface area contributed by atoms with Gasteiger partial charge in [-0.05, 0) is 36.2 Å². The Morgan fingerprint density at radius 1 is 1.07 bits per heavy atom. The van der Waals surface area contributed by atoms with E-state index in [-0.39, 0.29) is 12.5 Å². The van der Waals surface area contributed by atoms with Crippen LogP contribution in [0.2, 0.25) is 20.1 Å². The largest absolute Gasteiger partial charge is 0.355 e. The maximum atomic E-state index is 12.3. The Bertz CT molecular complexity index is 980. The van der Waals surface area contributed by atoms with E-state index in [9.17, 15) is 4.79 Å². The number of carbonyl (C=O) groups excluding carboxylic acids is 1. The summed E-state index contributed by atoms with van der Waals surface area (Å²) < 4.78 is 1.82. The number of amides is 1. The highest BCUT2D eigenvalue weighted by Gasteiger charge is 2.18. The predicted molar refractivity (Wildman–Crippen MR) is 112 cm³/mol. The lowest BCUT2D eigenvalue weighted by Gasteiger charge is -2.11. The Morgan fingerprint density at radius 2 is 1.74 bits per heavy atom. The van der Waals surface area contributed by atoms with E-state index >= 15 is 0 Å². The molecule has 0 unspecified atom stereocenters. The summed E-state index contributed by atoms with van der Waals surface area (Å²) in [6.45, 7) is 2.73. The number of aromatic nitrogens is 2. The van der Waals surface area contributed by atoms with E-state index in [1.165, 1.54) is 0 Å². The van der Waals surface area contributed by atoms with Crippen molar-refractivity contribution < 1.29 is 4.79 Å². The molecule has 27 heavy (non-hydrogen) atoms. The number of halogens is 4. The van der Waals surface area contributed by atoms with Crippen LogP contribution in [-0.4, -0.2) is 22.0 Å². The molecule has 0 bridgehead atoms. The molecule has 2 aromatic carbocycles. The Morgan fingerprint density at radius 3 is 2.41 bits per heavy atom. The van der Waals surface area contributed by atoms with E-state index < -0.39 is 0 Å². The van der Waals surface area contributed by atoms with Gasteiger partial charge < -0.3 is 9.88 Å². The lowest BCUT2D eigenvalue weighted by molar-refractivity contribution is -0.121. The first-order valence-electron chi connectivity index (χ1n) is 8.44. The van der Waals surface area contributed by atoms with Crippen molar-refractivity contribution in [2.24, 2.45) is 0 Å². The first-order valence-corrected chi connectivity index (χ1v) is 9.95. The van der Waals surface area contributed by atoms with Crippen molar-refractivity contribution in [1.82, 2.24) is 14.9 Å². The summed E-state index contributed by atoms with van der Waals surface area (Å²) in [6, 6.07) is 8.75. The Labute approximate surface area is 177 Å². The Balaban J connectivity index is 2.07. The SMILES string of the molecule is CCCNC(=O)Cn1c(Cc2c(Cl)cccc2Cl)nc2cc(Cl)c(Cl)cc21. The predicted octanol–water partition coefficient (Wildman–Crippen LogP) is 5.77. The van der Waals surface area contributed by atoms with Gasteiger partial charge in [-0.15, -0.1) is 0 Å². The van der Waals surface area contributed by atoms with Gasteiger partial charge in [-0.1, -0.05) is 59.4 Å². The number of fused-ring (bicyclic) bond motifs is 1. The third-order valence-electron chi connectivity index (χ3n) is 4.14. The van der Waals surface area contributed by atoms with Gasteiger partial charge >= 0.3 is 0 Å². The molecule has 1 N–H and O–H groups in total. The molecule has 0 atom stereocenters. The third kappa shape index (κ3) is 4.52. The summed E-state index contributed by atoms with van der Waals surface area (Å²) in [5.41, 5.74) is 2.14. The molecule has 1 aromatic heterocycles. The Hall–Kier alpha value is -1.46. The van der Waals surface area contributed by atoms with Crippen molar-refractivity contribution in [3.05, 3.63) is 61.8 Å². The lowest BCUT2D eigenvalue weighted by Crippen LogP contribution is -2.28. The minimum absolute atomic E-state index is 0.103. The second-order valence-electron chi connectivity index (χ2n) is 6.10. The molecule has 0 fully saturated rings. The maximum absolute atomic E-state index is 12.3. The van der Waals surface area contributed by atoms with E-state index in [0.717, 1.165) is 17.5 Å². The zero-order valence-electron chi connectivity index (χ0n) is 14.5. The van der Waals surface area contributed by atoms with E-state index in [1.807, 2.05) is 11.5 Å². The molecule has 1 heterocycles. The fourth-order valence-corrected chi connectivity index (χ4v) is 3.65. The second kappa shape index (κ2) is 8.70. The average molecular weight is 445 g/mol. The molecule has 3 rings (SSSR count). The van der Waals surface area contributed by atoms with Crippen LogP contribution in [0, 0.1) is 0 Å². The lowest BCUT2D eigenvalue weighted by atomic mass is 10.1. The molecule has 8 heteroatoms. The van der Waals surface area contributed by atoms with Crippen molar-refractivity contribution in [2.75, 3.05) is 6.54 Å². The number of nitrogens with one attached hydrogen (secondary N) is 1. The van der Waals surface area contributed by atoms with Crippen LogP contribution < -0.4 is 5.32 Å². The van der Waals surface area contributed by atoms with Crippen molar-refractivity contribution in [1.29, 1.82) is 0 Å². The first kappa shape index (κ1) is 20.3. The van der Waals surface area contributed by atoms with Gasteiger partial charge in [0.05, 0.1) is 21.1 Å². The van der Waals surface area contributed by atoms with E-state index in [2.05, 4.69) is 10.3 Å². The van der Waals surface area contributed by atoms with Crippen LogP contribution in [0.15, 0.2) is 30.3 Å². The zero-order valence-corrected chi connectivity index (χ0v) is 17.6. The van der Waals surface area contributed by atoms with Gasteiger partial charge in [-0.25, -0.2) is 4.98 Å². The molecule has 0 aliphatic rings. The van der Waals surface area contributed by atoms with Gasteiger partial charge in [0, 0.05) is 23.0 Å². The molecule has 0 spiro atoms. The number of rotatable bonds is 6. The van der Waals surface area contributed by atoms with Crippen LogP contribution in [0.4, 0.5) is 0 Å². The van der Waals surface area contributed by atoms with Crippen LogP contribution in [0.5, 0.6) is 0 Å². The average Bonchev–Trinajstić information content (AvgIpc) is 2.93. The van der Waals surface area contributed by atoms with Gasteiger partial charge in [-0.2, -0.15) is 0 Å². The molecule has 0 aliphatic carbocycles. The second-order valence-corrected chi connectivity index (χ2v) is 7.72. The molecule has 0 saturated heterocycles. The normalized spacial score (nSPS) is 11.1. The Kier molecular flexibility index (Phi) is 6.53. The van der Waals surface area contributed by atoms with Crippen LogP contribution in [0.25, 0.3) is 11.0 Å². The van der Waals surface area contributed by atoms with E-state index in [1.54, 1.807) is 30.3 Å². The smallest absolute Gasteiger partial charge is 0.240 e. The fraction of sp³-hybridized carbons (Fsp3) is 0.263. The highest BCUT2D eigenvalue weighted by molar-refractivity contribution is 6.42. The molecule has 0 saturated carbocycles. The van der Waals surface area contributed by atoms with Crippen LogP contribution in [0.1, 0.15) is 24.7 Å². The van der Waals surface area contributed by atoms with Crippen LogP contribution in [0.3, 0.4) is 0 Å². The minimum Gasteiger partial charge on any atom is -0.355 e. The number of hydrogen-bond acceptors (Lipinski definition) is 2. The molecule has 3 aromatic rings. The van der Waals surface area contributed by atoms with Crippen molar-refractivity contribution in [3.63, 3.8) is 0 Å². The summed E-state index contributed by atoms with van der Waals surface area (Å²) in [5, 5.41) is 4.79. The van der Waals surface area contributed by atoms with Gasteiger partial charge in [-0.3, -0.25) is 4.79 Å². The number of nitrogens with zero attached hydrogens (tertiary/aromatic N) is 2. The highest BCUT2D eigenvalue weighted by atomic mass is 35.5. The van der Waals surface area contributed by atoms with Gasteiger partial charge in [0.2, 0.25) is 5.91 Å². The molecule has 0 aliphatic heterocycles. The van der Waals surface area contributed by atoms with Crippen LogP contribution in [-0.2, 0) is 17.8 Å². The van der Waals surface area contributed by atoms with Crippen molar-refractivity contribution in [2.45, 2.75) is 26.3 Å². The van der Waals surface area contributed by atoms with Crippen molar-refractivity contribution >= 4 is 63.3 Å². The van der Waals surface area contributed by atoms with Gasteiger partial charge in [0.25, 0.3) is 0 Å². The first-order chi connectivity index (χ1) is 12.9. The van der Waals surface area contributed by atoms with Gasteiger partial charge in [0.1, 0.15) is 12.4 Å². The fourth-order valence-electron chi connectivity index (χ4n) is 2.80.